The Kier molecular flexibility index (Phi) is 30.0. The lowest BCUT2D eigenvalue weighted by molar-refractivity contribution is 0.174. The number of ether oxygens (including phenoxy) is 2. The highest BCUT2D eigenvalue weighted by atomic mass is 32.2. The molecule has 0 saturated carbocycles. The van der Waals surface area contributed by atoms with Gasteiger partial charge in [-0.15, -0.1) is 23.5 Å². The summed E-state index contributed by atoms with van der Waals surface area (Å²) in [5.41, 5.74) is 33.9. The van der Waals surface area contributed by atoms with Crippen LogP contribution in [-0.2, 0) is 57.8 Å². The van der Waals surface area contributed by atoms with E-state index < -0.39 is 20.7 Å². The predicted octanol–water partition coefficient (Wildman–Crippen LogP) is 17.4. The van der Waals surface area contributed by atoms with Crippen LogP contribution in [-0.4, -0.2) is 120 Å². The minimum atomic E-state index is -0.503. The van der Waals surface area contributed by atoms with Crippen molar-refractivity contribution in [2.45, 2.75) is 155 Å². The fraction of sp³-hybridized carbons (Fsp3) is 0.214. The molecule has 141 heavy (non-hydrogen) atoms. The molecule has 0 amide bonds. The first-order valence-corrected chi connectivity index (χ1v) is 51.3. The summed E-state index contributed by atoms with van der Waals surface area (Å²) >= 11 is 5.14. The summed E-state index contributed by atoms with van der Waals surface area (Å²) in [6, 6.07) is 87.3. The summed E-state index contributed by atoms with van der Waals surface area (Å²) in [7, 11) is 0. The van der Waals surface area contributed by atoms with Gasteiger partial charge >= 0.3 is 48.4 Å². The molecule has 29 heteroatoms. The van der Waals surface area contributed by atoms with Crippen LogP contribution in [0, 0.1) is 60.9 Å². The maximum atomic E-state index is 15.0. The van der Waals surface area contributed by atoms with Crippen LogP contribution in [0.15, 0.2) is 293 Å². The van der Waals surface area contributed by atoms with Gasteiger partial charge in [-0.2, -0.15) is 10.5 Å². The Morgan fingerprint density at radius 3 is 1.32 bits per heavy atom. The molecule has 0 atom stereocenters. The summed E-state index contributed by atoms with van der Waals surface area (Å²) in [5, 5.41) is 91.9. The lowest BCUT2D eigenvalue weighted by Gasteiger charge is -2.11. The zero-order chi connectivity index (χ0) is 97.6. The molecule has 17 aromatic rings. The van der Waals surface area contributed by atoms with E-state index in [0.717, 1.165) is 210 Å². The van der Waals surface area contributed by atoms with Gasteiger partial charge in [-0.05, 0) is 334 Å². The van der Waals surface area contributed by atoms with E-state index in [1.807, 2.05) is 89.6 Å². The lowest BCUT2D eigenvalue weighted by atomic mass is 9.63. The van der Waals surface area contributed by atoms with Crippen LogP contribution in [0.4, 0.5) is 18.9 Å². The summed E-state index contributed by atoms with van der Waals surface area (Å²) in [6.07, 6.45) is 22.5. The predicted molar refractivity (Wildman–Crippen MR) is 576 cm³/mol. The molecule has 4 aromatic heterocycles. The van der Waals surface area contributed by atoms with Crippen LogP contribution in [0.2, 0.25) is 44.2 Å². The smallest absolute Gasteiger partial charge is 0.324 e. The average Bonchev–Trinajstić information content (AvgIpc) is 1.61. The molecule has 0 aliphatic carbocycles. The molecule has 0 bridgehead atoms. The quantitative estimate of drug-likeness (QED) is 0.0206. The second-order valence-electron chi connectivity index (χ2n) is 37.5. The number of nitrogens with two attached hydrogens (primary N) is 1. The minimum absolute atomic E-state index is 0.120. The molecule has 12 heterocycles. The molecular formula is C112H105B7F3N7O9S3. The average molecular weight is 1920 g/mol. The second-order valence-corrected chi connectivity index (χ2v) is 40.9. The fourth-order valence-corrected chi connectivity index (χ4v) is 23.3. The molecule has 8 aliphatic heterocycles. The number of nitrogen functional groups attached to an aromatic ring is 1. The molecule has 0 saturated heterocycles. The number of aryl methyl sites for hydroxylation is 12. The van der Waals surface area contributed by atoms with Gasteiger partial charge in [0.15, 0.2) is 11.5 Å². The van der Waals surface area contributed by atoms with Crippen LogP contribution in [0.3, 0.4) is 0 Å². The molecule has 8 aliphatic rings. The third-order valence-electron chi connectivity index (χ3n) is 28.0. The Bertz CT molecular complexity index is 7630. The van der Waals surface area contributed by atoms with Crippen LogP contribution in [0.5, 0.6) is 11.5 Å². The van der Waals surface area contributed by atoms with Gasteiger partial charge in [0, 0.05) is 107 Å². The molecule has 9 N–H and O–H groups in total. The number of rotatable bonds is 15. The molecule has 0 unspecified atom stereocenters. The maximum Gasteiger partial charge on any atom is 0.324 e. The molecule has 0 radical (unpaired) electrons. The zero-order valence-corrected chi connectivity index (χ0v) is 81.4. The number of hydrogen-bond donors (Lipinski definition) is 8. The normalized spacial score (nSPS) is 14.0. The van der Waals surface area contributed by atoms with Crippen molar-refractivity contribution in [2.75, 3.05) is 24.0 Å². The monoisotopic (exact) mass is 1920 g/mol. The van der Waals surface area contributed by atoms with Gasteiger partial charge in [-0.1, -0.05) is 154 Å². The Balaban J connectivity index is 0.000000106. The Morgan fingerprint density at radius 2 is 0.773 bits per heavy atom. The molecule has 25 rings (SSSR count). The number of anilines is 1. The van der Waals surface area contributed by atoms with Crippen molar-refractivity contribution >= 4 is 171 Å². The van der Waals surface area contributed by atoms with E-state index in [1.54, 1.807) is 47.4 Å². The number of halogens is 3. The highest BCUT2D eigenvalue weighted by Crippen LogP contribution is 2.41. The van der Waals surface area contributed by atoms with Crippen LogP contribution < -0.4 is 53.4 Å². The van der Waals surface area contributed by atoms with Gasteiger partial charge in [0.2, 0.25) is 6.79 Å². The number of aromatic nitrogens is 4. The van der Waals surface area contributed by atoms with Gasteiger partial charge in [-0.25, -0.2) is 13.2 Å². The number of nitriles is 2. The van der Waals surface area contributed by atoms with E-state index in [1.165, 1.54) is 88.1 Å². The van der Waals surface area contributed by atoms with E-state index in [9.17, 15) is 48.3 Å². The SMILES string of the molecule is Cc1ccc2c(c1)c(SCCC#N)cn2-c1ccc2c(c1)B(O)CC2.Cc1ccc2c(c1)c(Sc1ccccc1)cn2-c1cc2c(cc1F)CCB2O.Cc1ccc2c(ccn2-c2ccc3c(c2)B(O)CC3)c1.N#CCCSc1cn(-c2ccc3c(c2)B(O)CC3)c2ccccc12.Nc1cc2c(cc1F)CCB2O.OB1CCc2cc(F)c(CCc3ccccc3)cc21.OB1CCc2cc3c(cc21)OCO3. The van der Waals surface area contributed by atoms with Crippen LogP contribution in [0.1, 0.15) is 79.6 Å². The van der Waals surface area contributed by atoms with E-state index in [0.29, 0.717) is 49.9 Å². The highest BCUT2D eigenvalue weighted by molar-refractivity contribution is 8.00. The minimum Gasteiger partial charge on any atom is -0.454 e. The topological polar surface area (TPSA) is 253 Å². The van der Waals surface area contributed by atoms with Crippen LogP contribution in [0.25, 0.3) is 66.4 Å². The third-order valence-corrected chi connectivity index (χ3v) is 31.2. The largest absolute Gasteiger partial charge is 0.454 e. The summed E-state index contributed by atoms with van der Waals surface area (Å²) < 4.78 is 60.9. The van der Waals surface area contributed by atoms with Gasteiger partial charge in [0.1, 0.15) is 17.5 Å². The van der Waals surface area contributed by atoms with Gasteiger partial charge in [-0.3, -0.25) is 0 Å². The summed E-state index contributed by atoms with van der Waals surface area (Å²) in [6.45, 7) is 3.92. The molecule has 13 aromatic carbocycles. The van der Waals surface area contributed by atoms with Crippen molar-refractivity contribution in [1.82, 2.24) is 18.3 Å². The first kappa shape index (κ1) is 97.2. The van der Waals surface area contributed by atoms with Gasteiger partial charge in [0.25, 0.3) is 0 Å². The van der Waals surface area contributed by atoms with Crippen molar-refractivity contribution in [3.05, 3.63) is 358 Å². The van der Waals surface area contributed by atoms with Crippen molar-refractivity contribution in [3.8, 4) is 46.4 Å². The lowest BCUT2D eigenvalue weighted by Crippen LogP contribution is -2.26. The Labute approximate surface area is 835 Å². The fourth-order valence-electron chi connectivity index (χ4n) is 20.5. The molecule has 0 fully saturated rings. The van der Waals surface area contributed by atoms with E-state index in [-0.39, 0.29) is 50.8 Å². The standard InChI is InChI=1S/C23H19BFNOS.C20H19BN2OS.C19H17BN2OS.C17H16BNO.C16H16BFO.C9H9BO3.C8H9BFNO/c1-15-7-8-21-18(11-15)23(28-17-5-3-2-4-6-17)14-26(21)22-13-19-16(12-20(22)25)9-10-24(19)27;1-14-3-6-19-17(11-14)20(25-10-2-9-22)13-23(19)16-5-4-15-7-8-21(24)18(15)12-16;21-10-3-11-24-19-13-22(18-5-2-1-4-16(18)19)15-7-6-14-8-9-20(23)17(14)12-15;1-12-2-5-17-14(10-12)7-9-19(17)15-4-3-13-6-8-18(20)16(13)11-15;18-16-11-13-8-9-17(19)15(13)10-14(16)7-6-12-4-2-1-3-5-12;11-10-2-1-6-3-8-9(4-7(6)10)13-5-12-8;10-7-3-5-1-2-9(12)6(5)4-8(7)11/h2-8,11-14,27H,9-10H2,1H3;3-6,11-13,24H,2,7-8,10H2,1H3;1-2,4-7,12-13,23H,3,8-9,11H2;2-5,7,9-11,20H,6,8H2,1H3;1-5,10-11,19H,6-9H2;3-4,11H,1-2,5H2;3-4,12H,1-2,11H2. The molecule has 0 spiro atoms. The molecule has 16 nitrogen and oxygen atoms in total. The van der Waals surface area contributed by atoms with Crippen LogP contribution >= 0.6 is 35.3 Å². The maximum absolute atomic E-state index is 15.0. The highest BCUT2D eigenvalue weighted by Gasteiger charge is 2.34. The second kappa shape index (κ2) is 43.5. The number of benzene rings is 13. The number of thioether (sulfide) groups is 2. The molecule has 702 valence electrons. The van der Waals surface area contributed by atoms with Crippen molar-refractivity contribution in [1.29, 1.82) is 10.5 Å². The van der Waals surface area contributed by atoms with Crippen molar-refractivity contribution in [3.63, 3.8) is 0 Å². The van der Waals surface area contributed by atoms with E-state index >= 15 is 0 Å². The number of fused-ring (bicyclic) bond motifs is 12. The van der Waals surface area contributed by atoms with E-state index in [2.05, 4.69) is 211 Å². The van der Waals surface area contributed by atoms with Crippen molar-refractivity contribution < 1.29 is 57.8 Å². The zero-order valence-electron chi connectivity index (χ0n) is 78.9. The summed E-state index contributed by atoms with van der Waals surface area (Å²) in [4.78, 5) is 4.63. The Hall–Kier alpha value is -12.6. The van der Waals surface area contributed by atoms with Crippen molar-refractivity contribution in [2.24, 2.45) is 0 Å². The Morgan fingerprint density at radius 1 is 0.362 bits per heavy atom. The van der Waals surface area contributed by atoms with Gasteiger partial charge in [0.05, 0.1) is 45.6 Å². The van der Waals surface area contributed by atoms with E-state index in [4.69, 9.17) is 25.7 Å². The number of para-hydroxylation sites is 1. The first-order valence-electron chi connectivity index (χ1n) is 48.5. The number of hydrogen-bond acceptors (Lipinski definition) is 15. The first-order chi connectivity index (χ1) is 68.5. The number of nitrogens with zero attached hydrogens (tertiary/aromatic N) is 6. The summed E-state index contributed by atoms with van der Waals surface area (Å²) in [5.74, 6) is 2.40. The third kappa shape index (κ3) is 21.5. The van der Waals surface area contributed by atoms with Gasteiger partial charge < -0.3 is 68.6 Å². The molecular weight excluding hydrogens is 1820 g/mol.